The van der Waals surface area contributed by atoms with Crippen LogP contribution in [0.25, 0.3) is 0 Å². The highest BCUT2D eigenvalue weighted by atomic mass is 16.4. The van der Waals surface area contributed by atoms with E-state index in [4.69, 9.17) is 5.11 Å². The lowest BCUT2D eigenvalue weighted by atomic mass is 9.89. The molecule has 0 spiro atoms. The number of aliphatic carboxylic acids is 1. The first-order valence-corrected chi connectivity index (χ1v) is 6.96. The first-order chi connectivity index (χ1) is 8.45. The summed E-state index contributed by atoms with van der Waals surface area (Å²) in [6.07, 6.45) is 3.06. The summed E-state index contributed by atoms with van der Waals surface area (Å²) in [6.45, 7) is 7.49. The maximum atomic E-state index is 12.2. The molecule has 1 aliphatic rings. The van der Waals surface area contributed by atoms with Gasteiger partial charge in [0.25, 0.3) is 0 Å². The molecule has 104 valence electrons. The number of rotatable bonds is 5. The van der Waals surface area contributed by atoms with Gasteiger partial charge in [0.2, 0.25) is 5.91 Å². The number of amides is 1. The largest absolute Gasteiger partial charge is 0.481 e. The van der Waals surface area contributed by atoms with Crippen molar-refractivity contribution in [3.8, 4) is 0 Å². The van der Waals surface area contributed by atoms with Crippen LogP contribution in [-0.4, -0.2) is 35.0 Å². The Morgan fingerprint density at radius 2 is 2.06 bits per heavy atom. The zero-order valence-corrected chi connectivity index (χ0v) is 11.7. The van der Waals surface area contributed by atoms with Gasteiger partial charge in [0, 0.05) is 19.5 Å². The first kappa shape index (κ1) is 15.0. The van der Waals surface area contributed by atoms with Crippen LogP contribution in [0.3, 0.4) is 0 Å². The van der Waals surface area contributed by atoms with Crippen LogP contribution >= 0.6 is 0 Å². The van der Waals surface area contributed by atoms with Gasteiger partial charge in [-0.25, -0.2) is 0 Å². The number of carboxylic acids is 1. The van der Waals surface area contributed by atoms with Crippen LogP contribution in [0.4, 0.5) is 0 Å². The molecule has 2 atom stereocenters. The highest BCUT2D eigenvalue weighted by molar-refractivity contribution is 5.78. The smallest absolute Gasteiger partial charge is 0.308 e. The van der Waals surface area contributed by atoms with E-state index in [2.05, 4.69) is 20.8 Å². The van der Waals surface area contributed by atoms with Crippen LogP contribution < -0.4 is 0 Å². The summed E-state index contributed by atoms with van der Waals surface area (Å²) in [4.78, 5) is 24.9. The van der Waals surface area contributed by atoms with Crippen molar-refractivity contribution in [1.82, 2.24) is 4.90 Å². The van der Waals surface area contributed by atoms with E-state index in [9.17, 15) is 9.59 Å². The van der Waals surface area contributed by atoms with E-state index in [1.165, 1.54) is 0 Å². The van der Waals surface area contributed by atoms with E-state index in [0.29, 0.717) is 31.2 Å². The van der Waals surface area contributed by atoms with Crippen molar-refractivity contribution in [3.05, 3.63) is 0 Å². The van der Waals surface area contributed by atoms with Crippen LogP contribution in [-0.2, 0) is 9.59 Å². The van der Waals surface area contributed by atoms with E-state index < -0.39 is 5.97 Å². The van der Waals surface area contributed by atoms with E-state index in [1.807, 2.05) is 0 Å². The Kier molecular flexibility index (Phi) is 5.63. The molecule has 1 N–H and O–H groups in total. The molecule has 1 amide bonds. The van der Waals surface area contributed by atoms with Crippen LogP contribution in [0.5, 0.6) is 0 Å². The molecule has 0 aliphatic carbocycles. The fourth-order valence-corrected chi connectivity index (χ4v) is 2.61. The minimum atomic E-state index is -0.775. The molecule has 1 aliphatic heterocycles. The minimum Gasteiger partial charge on any atom is -0.481 e. The van der Waals surface area contributed by atoms with Gasteiger partial charge in [0.05, 0.1) is 5.92 Å². The molecule has 1 unspecified atom stereocenters. The highest BCUT2D eigenvalue weighted by Crippen LogP contribution is 2.23. The lowest BCUT2D eigenvalue weighted by molar-refractivity contribution is -0.146. The lowest BCUT2D eigenvalue weighted by Gasteiger charge is -2.32. The average Bonchev–Trinajstić information content (AvgIpc) is 2.35. The molecular formula is C14H25NO3. The number of carbonyl (C=O) groups is 2. The third-order valence-corrected chi connectivity index (χ3v) is 4.03. The zero-order chi connectivity index (χ0) is 13.7. The second kappa shape index (κ2) is 6.76. The molecule has 1 saturated heterocycles. The van der Waals surface area contributed by atoms with Crippen molar-refractivity contribution >= 4 is 11.9 Å². The molecule has 0 radical (unpaired) electrons. The number of piperidine rings is 1. The molecule has 0 aromatic rings. The third-order valence-electron chi connectivity index (χ3n) is 4.03. The van der Waals surface area contributed by atoms with Gasteiger partial charge in [-0.05, 0) is 24.7 Å². The molecule has 18 heavy (non-hydrogen) atoms. The SMILES string of the molecule is CCC(CC(=O)N1CCC[C@H](C(=O)O)C1)C(C)C. The van der Waals surface area contributed by atoms with Gasteiger partial charge in [-0.2, -0.15) is 0 Å². The Labute approximate surface area is 109 Å². The molecule has 1 rings (SSSR count). The third kappa shape index (κ3) is 4.00. The van der Waals surface area contributed by atoms with Gasteiger partial charge in [-0.3, -0.25) is 9.59 Å². The van der Waals surface area contributed by atoms with E-state index in [-0.39, 0.29) is 11.8 Å². The molecule has 1 fully saturated rings. The summed E-state index contributed by atoms with van der Waals surface area (Å²) in [7, 11) is 0. The van der Waals surface area contributed by atoms with Gasteiger partial charge in [-0.15, -0.1) is 0 Å². The number of likely N-dealkylation sites (tertiary alicyclic amines) is 1. The quantitative estimate of drug-likeness (QED) is 0.820. The van der Waals surface area contributed by atoms with Crippen LogP contribution in [0.15, 0.2) is 0 Å². The number of hydrogen-bond donors (Lipinski definition) is 1. The van der Waals surface area contributed by atoms with Crippen LogP contribution in [0.2, 0.25) is 0 Å². The summed E-state index contributed by atoms with van der Waals surface area (Å²) >= 11 is 0. The number of carbonyl (C=O) groups excluding carboxylic acids is 1. The Morgan fingerprint density at radius 3 is 2.56 bits per heavy atom. The second-order valence-corrected chi connectivity index (χ2v) is 5.63. The zero-order valence-electron chi connectivity index (χ0n) is 11.7. The molecule has 0 saturated carbocycles. The monoisotopic (exact) mass is 255 g/mol. The van der Waals surface area contributed by atoms with Gasteiger partial charge in [0.1, 0.15) is 0 Å². The Bertz CT molecular complexity index is 301. The summed E-state index contributed by atoms with van der Waals surface area (Å²) < 4.78 is 0. The normalized spacial score (nSPS) is 22.0. The summed E-state index contributed by atoms with van der Waals surface area (Å²) in [5.41, 5.74) is 0. The molecule has 0 aromatic heterocycles. The van der Waals surface area contributed by atoms with E-state index >= 15 is 0 Å². The van der Waals surface area contributed by atoms with Crippen LogP contribution in [0, 0.1) is 17.8 Å². The van der Waals surface area contributed by atoms with Gasteiger partial charge in [-0.1, -0.05) is 27.2 Å². The topological polar surface area (TPSA) is 57.6 Å². The van der Waals surface area contributed by atoms with Crippen molar-refractivity contribution in [3.63, 3.8) is 0 Å². The number of nitrogens with zero attached hydrogens (tertiary/aromatic N) is 1. The molecule has 0 aromatic carbocycles. The maximum absolute atomic E-state index is 12.2. The van der Waals surface area contributed by atoms with Gasteiger partial charge < -0.3 is 10.0 Å². The minimum absolute atomic E-state index is 0.126. The Balaban J connectivity index is 2.53. The van der Waals surface area contributed by atoms with Crippen molar-refractivity contribution in [2.75, 3.05) is 13.1 Å². The van der Waals surface area contributed by atoms with E-state index in [1.54, 1.807) is 4.90 Å². The fraction of sp³-hybridized carbons (Fsp3) is 0.857. The first-order valence-electron chi connectivity index (χ1n) is 6.96. The molecule has 0 bridgehead atoms. The highest BCUT2D eigenvalue weighted by Gasteiger charge is 2.29. The second-order valence-electron chi connectivity index (χ2n) is 5.63. The Morgan fingerprint density at radius 1 is 1.39 bits per heavy atom. The van der Waals surface area contributed by atoms with Gasteiger partial charge in [0.15, 0.2) is 0 Å². The predicted molar refractivity (Wildman–Crippen MR) is 70.2 cm³/mol. The van der Waals surface area contributed by atoms with Crippen molar-refractivity contribution in [2.45, 2.75) is 46.5 Å². The number of hydrogen-bond acceptors (Lipinski definition) is 2. The lowest BCUT2D eigenvalue weighted by Crippen LogP contribution is -2.43. The summed E-state index contributed by atoms with van der Waals surface area (Å²) in [6, 6.07) is 0. The number of carboxylic acid groups (broad SMARTS) is 1. The Hall–Kier alpha value is -1.06. The fourth-order valence-electron chi connectivity index (χ4n) is 2.61. The predicted octanol–water partition coefficient (Wildman–Crippen LogP) is 2.38. The van der Waals surface area contributed by atoms with Crippen LogP contribution in [0.1, 0.15) is 46.5 Å². The van der Waals surface area contributed by atoms with Crippen molar-refractivity contribution in [1.29, 1.82) is 0 Å². The molecular weight excluding hydrogens is 230 g/mol. The molecule has 4 heteroatoms. The molecule has 4 nitrogen and oxygen atoms in total. The van der Waals surface area contributed by atoms with E-state index in [0.717, 1.165) is 19.4 Å². The summed E-state index contributed by atoms with van der Waals surface area (Å²) in [5.74, 6) is -0.117. The molecule has 1 heterocycles. The average molecular weight is 255 g/mol. The van der Waals surface area contributed by atoms with Crippen molar-refractivity contribution in [2.24, 2.45) is 17.8 Å². The summed E-state index contributed by atoms with van der Waals surface area (Å²) in [5, 5.41) is 9.02. The standard InChI is InChI=1S/C14H25NO3/c1-4-11(10(2)3)8-13(16)15-7-5-6-12(9-15)14(17)18/h10-12H,4-9H2,1-3H3,(H,17,18)/t11?,12-/m0/s1. The van der Waals surface area contributed by atoms with Crippen molar-refractivity contribution < 1.29 is 14.7 Å². The van der Waals surface area contributed by atoms with Gasteiger partial charge >= 0.3 is 5.97 Å². The maximum Gasteiger partial charge on any atom is 0.308 e.